The first-order valence-electron chi connectivity index (χ1n) is 4.24. The van der Waals surface area contributed by atoms with Crippen molar-refractivity contribution in [2.75, 3.05) is 19.5 Å². The van der Waals surface area contributed by atoms with Gasteiger partial charge in [0.2, 0.25) is 0 Å². The van der Waals surface area contributed by atoms with Crippen LogP contribution >= 0.6 is 0 Å². The molecule has 0 spiro atoms. The first-order valence-corrected chi connectivity index (χ1v) is 5.68. The Bertz CT molecular complexity index is 467. The van der Waals surface area contributed by atoms with Crippen LogP contribution < -0.4 is 10.1 Å². The van der Waals surface area contributed by atoms with Crippen LogP contribution in [0.4, 0.5) is 5.69 Å². The Morgan fingerprint density at radius 3 is 2.40 bits per heavy atom. The molecule has 15 heavy (non-hydrogen) atoms. The molecule has 2 N–H and O–H groups in total. The van der Waals surface area contributed by atoms with Crippen LogP contribution in [-0.4, -0.2) is 27.1 Å². The molecule has 0 fully saturated rings. The maximum atomic E-state index is 11.0. The highest BCUT2D eigenvalue weighted by molar-refractivity contribution is 7.85. The molecular formula is C9H13NO4S. The van der Waals surface area contributed by atoms with Gasteiger partial charge >= 0.3 is 0 Å². The maximum absolute atomic E-state index is 11.0. The van der Waals surface area contributed by atoms with E-state index < -0.39 is 10.1 Å². The summed E-state index contributed by atoms with van der Waals surface area (Å²) in [6.45, 7) is 1.59. The van der Waals surface area contributed by atoms with Crippen molar-refractivity contribution in [2.45, 2.75) is 11.8 Å². The van der Waals surface area contributed by atoms with Gasteiger partial charge in [0.15, 0.2) is 0 Å². The third-order valence-electron chi connectivity index (χ3n) is 2.04. The predicted molar refractivity (Wildman–Crippen MR) is 57.1 cm³/mol. The molecule has 0 aliphatic heterocycles. The van der Waals surface area contributed by atoms with Gasteiger partial charge in [0.05, 0.1) is 17.7 Å². The number of nitrogens with one attached hydrogen (secondary N) is 1. The van der Waals surface area contributed by atoms with Crippen molar-refractivity contribution in [2.24, 2.45) is 0 Å². The Balaban J connectivity index is 3.46. The molecule has 0 radical (unpaired) electrons. The lowest BCUT2D eigenvalue weighted by Crippen LogP contribution is -2.03. The van der Waals surface area contributed by atoms with Crippen molar-refractivity contribution >= 4 is 15.8 Å². The topological polar surface area (TPSA) is 75.6 Å². The van der Waals surface area contributed by atoms with Crippen molar-refractivity contribution in [1.29, 1.82) is 0 Å². The van der Waals surface area contributed by atoms with E-state index >= 15 is 0 Å². The number of aryl methyl sites for hydroxylation is 1. The molecule has 84 valence electrons. The van der Waals surface area contributed by atoms with Gasteiger partial charge in [-0.05, 0) is 24.6 Å². The fourth-order valence-corrected chi connectivity index (χ4v) is 2.04. The van der Waals surface area contributed by atoms with Crippen LogP contribution in [0, 0.1) is 6.92 Å². The largest absolute Gasteiger partial charge is 0.495 e. The van der Waals surface area contributed by atoms with E-state index in [1.54, 1.807) is 20.0 Å². The maximum Gasteiger partial charge on any atom is 0.294 e. The number of rotatable bonds is 3. The average Bonchev–Trinajstić information content (AvgIpc) is 2.15. The molecule has 0 saturated heterocycles. The quantitative estimate of drug-likeness (QED) is 0.767. The summed E-state index contributed by atoms with van der Waals surface area (Å²) in [5.41, 5.74) is 0.948. The highest BCUT2D eigenvalue weighted by Crippen LogP contribution is 2.29. The first kappa shape index (κ1) is 11.8. The minimum Gasteiger partial charge on any atom is -0.495 e. The molecule has 0 aliphatic carbocycles. The SMILES string of the molecule is CNc1cc(S(=O)(=O)O)c(C)cc1OC. The second-order valence-corrected chi connectivity index (χ2v) is 4.43. The van der Waals surface area contributed by atoms with E-state index in [1.807, 2.05) is 0 Å². The minimum atomic E-state index is -4.19. The lowest BCUT2D eigenvalue weighted by Gasteiger charge is -2.11. The van der Waals surface area contributed by atoms with E-state index in [9.17, 15) is 8.42 Å². The molecule has 0 aliphatic rings. The lowest BCUT2D eigenvalue weighted by molar-refractivity contribution is 0.415. The Morgan fingerprint density at radius 2 is 2.00 bits per heavy atom. The zero-order valence-electron chi connectivity index (χ0n) is 8.73. The molecule has 0 amide bonds. The minimum absolute atomic E-state index is 0.118. The summed E-state index contributed by atoms with van der Waals surface area (Å²) in [5, 5.41) is 2.79. The Labute approximate surface area is 88.8 Å². The van der Waals surface area contributed by atoms with Crippen LogP contribution in [0.25, 0.3) is 0 Å². The summed E-state index contributed by atoms with van der Waals surface area (Å²) in [6, 6.07) is 2.89. The smallest absolute Gasteiger partial charge is 0.294 e. The number of hydrogen-bond donors (Lipinski definition) is 2. The summed E-state index contributed by atoms with van der Waals surface area (Å²) in [4.78, 5) is -0.118. The molecule has 0 unspecified atom stereocenters. The fraction of sp³-hybridized carbons (Fsp3) is 0.333. The van der Waals surface area contributed by atoms with E-state index in [0.717, 1.165) is 0 Å². The monoisotopic (exact) mass is 231 g/mol. The van der Waals surface area contributed by atoms with Gasteiger partial charge < -0.3 is 10.1 Å². The number of ether oxygens (including phenoxy) is 1. The van der Waals surface area contributed by atoms with E-state index in [0.29, 0.717) is 17.0 Å². The number of benzene rings is 1. The summed E-state index contributed by atoms with van der Waals surface area (Å²) in [6.07, 6.45) is 0. The van der Waals surface area contributed by atoms with Crippen molar-refractivity contribution in [3.63, 3.8) is 0 Å². The van der Waals surface area contributed by atoms with Gasteiger partial charge in [-0.25, -0.2) is 0 Å². The van der Waals surface area contributed by atoms with Crippen LogP contribution in [0.15, 0.2) is 17.0 Å². The fourth-order valence-electron chi connectivity index (χ4n) is 1.30. The zero-order chi connectivity index (χ0) is 11.6. The van der Waals surface area contributed by atoms with Crippen LogP contribution in [0.1, 0.15) is 5.56 Å². The molecule has 1 rings (SSSR count). The van der Waals surface area contributed by atoms with Crippen LogP contribution in [0.5, 0.6) is 5.75 Å². The van der Waals surface area contributed by atoms with E-state index in [1.165, 1.54) is 13.2 Å². The second-order valence-electron chi connectivity index (χ2n) is 3.04. The van der Waals surface area contributed by atoms with Gasteiger partial charge in [-0.3, -0.25) is 4.55 Å². The Morgan fingerprint density at radius 1 is 1.40 bits per heavy atom. The second kappa shape index (κ2) is 4.08. The van der Waals surface area contributed by atoms with E-state index in [2.05, 4.69) is 5.32 Å². The molecule has 1 aromatic rings. The van der Waals surface area contributed by atoms with Crippen LogP contribution in [0.3, 0.4) is 0 Å². The lowest BCUT2D eigenvalue weighted by atomic mass is 10.2. The summed E-state index contributed by atoms with van der Waals surface area (Å²) >= 11 is 0. The molecule has 0 saturated carbocycles. The van der Waals surface area contributed by atoms with Crippen molar-refractivity contribution in [3.8, 4) is 5.75 Å². The molecule has 1 aromatic carbocycles. The van der Waals surface area contributed by atoms with E-state index in [4.69, 9.17) is 9.29 Å². The highest BCUT2D eigenvalue weighted by atomic mass is 32.2. The summed E-state index contributed by atoms with van der Waals surface area (Å²) in [5.74, 6) is 0.530. The van der Waals surface area contributed by atoms with Gasteiger partial charge in [0.1, 0.15) is 5.75 Å². The van der Waals surface area contributed by atoms with Crippen LogP contribution in [-0.2, 0) is 10.1 Å². The standard InChI is InChI=1S/C9H13NO4S/c1-6-4-8(14-3)7(10-2)5-9(6)15(11,12)13/h4-5,10H,1-3H3,(H,11,12,13). The highest BCUT2D eigenvalue weighted by Gasteiger charge is 2.16. The van der Waals surface area contributed by atoms with Crippen molar-refractivity contribution < 1.29 is 17.7 Å². The number of anilines is 1. The molecule has 6 heteroatoms. The van der Waals surface area contributed by atoms with Crippen LogP contribution in [0.2, 0.25) is 0 Å². The first-order chi connectivity index (χ1) is 6.90. The number of hydrogen-bond acceptors (Lipinski definition) is 4. The summed E-state index contributed by atoms with van der Waals surface area (Å²) in [7, 11) is -1.06. The molecule has 0 atom stereocenters. The molecule has 5 nitrogen and oxygen atoms in total. The Kier molecular flexibility index (Phi) is 3.21. The van der Waals surface area contributed by atoms with Crippen molar-refractivity contribution in [1.82, 2.24) is 0 Å². The van der Waals surface area contributed by atoms with Gasteiger partial charge in [-0.15, -0.1) is 0 Å². The predicted octanol–water partition coefficient (Wildman–Crippen LogP) is 1.29. The number of methoxy groups -OCH3 is 1. The summed E-state index contributed by atoms with van der Waals surface area (Å²) < 4.78 is 36.0. The Hall–Kier alpha value is -1.27. The van der Waals surface area contributed by atoms with Gasteiger partial charge in [-0.1, -0.05) is 0 Å². The van der Waals surface area contributed by atoms with Crippen molar-refractivity contribution in [3.05, 3.63) is 17.7 Å². The van der Waals surface area contributed by atoms with Gasteiger partial charge in [0.25, 0.3) is 10.1 Å². The van der Waals surface area contributed by atoms with E-state index in [-0.39, 0.29) is 4.90 Å². The normalized spacial score (nSPS) is 11.2. The molecule has 0 bridgehead atoms. The van der Waals surface area contributed by atoms with Gasteiger partial charge in [-0.2, -0.15) is 8.42 Å². The molecular weight excluding hydrogens is 218 g/mol. The average molecular weight is 231 g/mol. The molecule has 0 aromatic heterocycles. The third-order valence-corrected chi connectivity index (χ3v) is 3.04. The van der Waals surface area contributed by atoms with Gasteiger partial charge in [0, 0.05) is 7.05 Å². The zero-order valence-corrected chi connectivity index (χ0v) is 9.55. The third kappa shape index (κ3) is 2.40. The molecule has 0 heterocycles.